The number of aryl methyl sites for hydroxylation is 1. The van der Waals surface area contributed by atoms with Crippen LogP contribution in [-0.4, -0.2) is 42.6 Å². The molecule has 1 aliphatic heterocycles. The van der Waals surface area contributed by atoms with E-state index in [-0.39, 0.29) is 10.8 Å². The molecule has 1 fully saturated rings. The van der Waals surface area contributed by atoms with E-state index in [0.29, 0.717) is 19.7 Å². The highest BCUT2D eigenvalue weighted by Crippen LogP contribution is 2.24. The van der Waals surface area contributed by atoms with Crippen LogP contribution in [0, 0.1) is 12.8 Å². The van der Waals surface area contributed by atoms with Crippen molar-refractivity contribution in [2.45, 2.75) is 24.7 Å². The Bertz CT molecular complexity index is 744. The highest BCUT2D eigenvalue weighted by molar-refractivity contribution is 7.89. The average Bonchev–Trinajstić information content (AvgIpc) is 3.09. The second-order valence-corrected chi connectivity index (χ2v) is 7.87. The van der Waals surface area contributed by atoms with Crippen LogP contribution >= 0.6 is 0 Å². The molecule has 6 nitrogen and oxygen atoms in total. The molecule has 1 N–H and O–H groups in total. The van der Waals surface area contributed by atoms with Gasteiger partial charge < -0.3 is 4.74 Å². The lowest BCUT2D eigenvalue weighted by molar-refractivity contribution is 0.180. The topological polar surface area (TPSA) is 75.3 Å². The summed E-state index contributed by atoms with van der Waals surface area (Å²) >= 11 is 0. The summed E-state index contributed by atoms with van der Waals surface area (Å²) in [4.78, 5) is 0.220. The maximum absolute atomic E-state index is 12.5. The Kier molecular flexibility index (Phi) is 4.68. The molecule has 7 heteroatoms. The van der Waals surface area contributed by atoms with Crippen LogP contribution in [0.3, 0.4) is 0 Å². The second kappa shape index (κ2) is 6.72. The van der Waals surface area contributed by atoms with Crippen LogP contribution in [0.4, 0.5) is 0 Å². The maximum atomic E-state index is 12.5. The van der Waals surface area contributed by atoms with Gasteiger partial charge in [-0.1, -0.05) is 12.1 Å². The molecule has 2 aromatic rings. The fraction of sp³-hybridized carbons (Fsp3) is 0.438. The van der Waals surface area contributed by atoms with E-state index in [1.54, 1.807) is 0 Å². The van der Waals surface area contributed by atoms with E-state index in [1.165, 1.54) is 16.7 Å². The zero-order chi connectivity index (χ0) is 16.3. The van der Waals surface area contributed by atoms with Crippen LogP contribution in [0.25, 0.3) is 0 Å². The molecule has 0 amide bonds. The minimum Gasteiger partial charge on any atom is -0.493 e. The fourth-order valence-electron chi connectivity index (χ4n) is 2.83. The minimum absolute atomic E-state index is 0.200. The van der Waals surface area contributed by atoms with E-state index in [0.717, 1.165) is 24.2 Å². The number of benzene rings is 1. The van der Waals surface area contributed by atoms with Crippen molar-refractivity contribution in [2.75, 3.05) is 19.7 Å². The van der Waals surface area contributed by atoms with Gasteiger partial charge in [0.15, 0.2) is 0 Å². The standard InChI is InChI=1S/C16H21N3O3S/c1-13-4-2-6-15(8-13)22-12-14-5-3-7-19(11-14)23(20,21)16-9-17-18-10-16/h2,4,6,8-10,14H,3,5,7,11-12H2,1H3,(H,17,18). The summed E-state index contributed by atoms with van der Waals surface area (Å²) in [5.74, 6) is 1.03. The van der Waals surface area contributed by atoms with Crippen LogP contribution in [0.2, 0.25) is 0 Å². The van der Waals surface area contributed by atoms with Gasteiger partial charge >= 0.3 is 0 Å². The lowest BCUT2D eigenvalue weighted by Gasteiger charge is -2.31. The summed E-state index contributed by atoms with van der Waals surface area (Å²) in [5, 5.41) is 6.29. The summed E-state index contributed by atoms with van der Waals surface area (Å²) in [7, 11) is -3.46. The SMILES string of the molecule is Cc1cccc(OCC2CCCN(S(=O)(=O)c3cn[nH]c3)C2)c1. The van der Waals surface area contributed by atoms with Crippen LogP contribution in [0.15, 0.2) is 41.6 Å². The first-order valence-corrected chi connectivity index (χ1v) is 9.18. The number of aromatic nitrogens is 2. The van der Waals surface area contributed by atoms with Crippen molar-refractivity contribution in [3.8, 4) is 5.75 Å². The highest BCUT2D eigenvalue weighted by atomic mass is 32.2. The number of hydrogen-bond donors (Lipinski definition) is 1. The van der Waals surface area contributed by atoms with Crippen LogP contribution in [0.5, 0.6) is 5.75 Å². The molecule has 1 atom stereocenters. The third kappa shape index (κ3) is 3.73. The summed E-state index contributed by atoms with van der Waals surface area (Å²) in [6.45, 7) is 3.58. The Hall–Kier alpha value is -1.86. The largest absolute Gasteiger partial charge is 0.493 e. The number of nitrogens with zero attached hydrogens (tertiary/aromatic N) is 2. The average molecular weight is 335 g/mol. The minimum atomic E-state index is -3.46. The normalized spacial score (nSPS) is 19.6. The van der Waals surface area contributed by atoms with Crippen LogP contribution < -0.4 is 4.74 Å². The quantitative estimate of drug-likeness (QED) is 0.909. The van der Waals surface area contributed by atoms with E-state index in [2.05, 4.69) is 10.2 Å². The third-order valence-corrected chi connectivity index (χ3v) is 5.90. The summed E-state index contributed by atoms with van der Waals surface area (Å²) in [6.07, 6.45) is 4.59. The fourth-order valence-corrected chi connectivity index (χ4v) is 4.29. The van der Waals surface area contributed by atoms with Crippen molar-refractivity contribution in [2.24, 2.45) is 5.92 Å². The van der Waals surface area contributed by atoms with Gasteiger partial charge in [-0.25, -0.2) is 8.42 Å². The first-order chi connectivity index (χ1) is 11.1. The predicted octanol–water partition coefficient (Wildman–Crippen LogP) is 2.20. The van der Waals surface area contributed by atoms with E-state index in [9.17, 15) is 8.42 Å². The van der Waals surface area contributed by atoms with E-state index in [4.69, 9.17) is 4.74 Å². The van der Waals surface area contributed by atoms with E-state index >= 15 is 0 Å². The molecule has 2 heterocycles. The molecular formula is C16H21N3O3S. The molecule has 1 aromatic heterocycles. The molecule has 1 aliphatic rings. The molecule has 0 radical (unpaired) electrons. The van der Waals surface area contributed by atoms with Gasteiger partial charge in [0, 0.05) is 25.2 Å². The molecule has 0 spiro atoms. The van der Waals surface area contributed by atoms with Gasteiger partial charge in [0.25, 0.3) is 0 Å². The van der Waals surface area contributed by atoms with Gasteiger partial charge in [0.2, 0.25) is 10.0 Å². The molecule has 1 unspecified atom stereocenters. The Morgan fingerprint density at radius 1 is 1.43 bits per heavy atom. The monoisotopic (exact) mass is 335 g/mol. The number of aromatic amines is 1. The Morgan fingerprint density at radius 3 is 3.04 bits per heavy atom. The smallest absolute Gasteiger partial charge is 0.246 e. The molecule has 0 aliphatic carbocycles. The molecule has 1 aromatic carbocycles. The van der Waals surface area contributed by atoms with Gasteiger partial charge in [-0.15, -0.1) is 0 Å². The van der Waals surface area contributed by atoms with Crippen molar-refractivity contribution < 1.29 is 13.2 Å². The van der Waals surface area contributed by atoms with Gasteiger partial charge in [-0.05, 0) is 37.5 Å². The molecule has 124 valence electrons. The molecule has 0 saturated carbocycles. The summed E-state index contributed by atoms with van der Waals surface area (Å²) in [5.41, 5.74) is 1.15. The van der Waals surface area contributed by atoms with Crippen molar-refractivity contribution in [3.05, 3.63) is 42.2 Å². The molecule has 23 heavy (non-hydrogen) atoms. The Balaban J connectivity index is 1.62. The number of nitrogens with one attached hydrogen (secondary N) is 1. The van der Waals surface area contributed by atoms with Crippen molar-refractivity contribution >= 4 is 10.0 Å². The van der Waals surface area contributed by atoms with Crippen LogP contribution in [-0.2, 0) is 10.0 Å². The number of hydrogen-bond acceptors (Lipinski definition) is 4. The van der Waals surface area contributed by atoms with E-state index < -0.39 is 10.0 Å². The summed E-state index contributed by atoms with van der Waals surface area (Å²) < 4.78 is 32.4. The molecule has 3 rings (SSSR count). The first kappa shape index (κ1) is 16.0. The zero-order valence-corrected chi connectivity index (χ0v) is 13.9. The van der Waals surface area contributed by atoms with Gasteiger partial charge in [-0.3, -0.25) is 5.10 Å². The van der Waals surface area contributed by atoms with Gasteiger partial charge in [0.1, 0.15) is 10.6 Å². The molecular weight excluding hydrogens is 314 g/mol. The predicted molar refractivity (Wildman–Crippen MR) is 86.7 cm³/mol. The Labute approximate surface area is 136 Å². The van der Waals surface area contributed by atoms with E-state index in [1.807, 2.05) is 31.2 Å². The molecule has 0 bridgehead atoms. The highest BCUT2D eigenvalue weighted by Gasteiger charge is 2.31. The summed E-state index contributed by atoms with van der Waals surface area (Å²) in [6, 6.07) is 7.90. The lowest BCUT2D eigenvalue weighted by Crippen LogP contribution is -2.41. The number of ether oxygens (including phenoxy) is 1. The van der Waals surface area contributed by atoms with Crippen molar-refractivity contribution in [1.82, 2.24) is 14.5 Å². The Morgan fingerprint density at radius 2 is 2.30 bits per heavy atom. The number of sulfonamides is 1. The number of rotatable bonds is 5. The van der Waals surface area contributed by atoms with Gasteiger partial charge in [0.05, 0.1) is 12.8 Å². The second-order valence-electron chi connectivity index (χ2n) is 5.93. The first-order valence-electron chi connectivity index (χ1n) is 7.74. The van der Waals surface area contributed by atoms with Crippen LogP contribution in [0.1, 0.15) is 18.4 Å². The number of piperidine rings is 1. The number of H-pyrrole nitrogens is 1. The maximum Gasteiger partial charge on any atom is 0.246 e. The van der Waals surface area contributed by atoms with Crippen molar-refractivity contribution in [1.29, 1.82) is 0 Å². The lowest BCUT2D eigenvalue weighted by atomic mass is 10.0. The van der Waals surface area contributed by atoms with Crippen molar-refractivity contribution in [3.63, 3.8) is 0 Å². The molecule has 1 saturated heterocycles. The third-order valence-electron chi connectivity index (χ3n) is 4.07. The zero-order valence-electron chi connectivity index (χ0n) is 13.1. The van der Waals surface area contributed by atoms with Gasteiger partial charge in [-0.2, -0.15) is 9.40 Å².